The Balaban J connectivity index is 2.07. The summed E-state index contributed by atoms with van der Waals surface area (Å²) in [6.45, 7) is 3.02. The zero-order valence-corrected chi connectivity index (χ0v) is 13.9. The molecule has 0 bridgehead atoms. The summed E-state index contributed by atoms with van der Waals surface area (Å²) in [6.07, 6.45) is 4.70. The highest BCUT2D eigenvalue weighted by atomic mass is 35.5. The van der Waals surface area contributed by atoms with Gasteiger partial charge in [0, 0.05) is 13.1 Å². The van der Waals surface area contributed by atoms with Gasteiger partial charge in [0.05, 0.1) is 5.02 Å². The summed E-state index contributed by atoms with van der Waals surface area (Å²) in [4.78, 5) is 0.129. The Morgan fingerprint density at radius 2 is 2.05 bits per heavy atom. The lowest BCUT2D eigenvalue weighted by Gasteiger charge is -2.28. The summed E-state index contributed by atoms with van der Waals surface area (Å²) >= 11 is 6.07. The third-order valence-electron chi connectivity index (χ3n) is 4.35. The van der Waals surface area contributed by atoms with Crippen LogP contribution in [0.4, 0.5) is 0 Å². The SMILES string of the molecule is CC1CCCCC1CNS(=O)(=O)c1ccc(CN)cc1Cl. The topological polar surface area (TPSA) is 72.2 Å². The Kier molecular flexibility index (Phi) is 5.66. The van der Waals surface area contributed by atoms with E-state index in [-0.39, 0.29) is 9.92 Å². The van der Waals surface area contributed by atoms with Gasteiger partial charge in [0.15, 0.2) is 0 Å². The first-order chi connectivity index (χ1) is 9.94. The summed E-state index contributed by atoms with van der Waals surface area (Å²) in [5, 5.41) is 0.224. The quantitative estimate of drug-likeness (QED) is 0.872. The van der Waals surface area contributed by atoms with Gasteiger partial charge in [-0.25, -0.2) is 13.1 Å². The Labute approximate surface area is 132 Å². The highest BCUT2D eigenvalue weighted by Crippen LogP contribution is 2.29. The highest BCUT2D eigenvalue weighted by molar-refractivity contribution is 7.89. The van der Waals surface area contributed by atoms with Crippen molar-refractivity contribution in [3.05, 3.63) is 28.8 Å². The molecule has 118 valence electrons. The first kappa shape index (κ1) is 16.7. The molecular formula is C15H23ClN2O2S. The highest BCUT2D eigenvalue weighted by Gasteiger charge is 2.24. The van der Waals surface area contributed by atoms with Crippen molar-refractivity contribution in [1.82, 2.24) is 4.72 Å². The van der Waals surface area contributed by atoms with Crippen molar-refractivity contribution in [2.75, 3.05) is 6.54 Å². The molecule has 1 saturated carbocycles. The monoisotopic (exact) mass is 330 g/mol. The van der Waals surface area contributed by atoms with Gasteiger partial charge in [-0.3, -0.25) is 0 Å². The normalized spacial score (nSPS) is 23.2. The maximum Gasteiger partial charge on any atom is 0.242 e. The number of hydrogen-bond donors (Lipinski definition) is 2. The summed E-state index contributed by atoms with van der Waals surface area (Å²) in [7, 11) is -3.56. The fourth-order valence-corrected chi connectivity index (χ4v) is 4.54. The van der Waals surface area contributed by atoms with Gasteiger partial charge < -0.3 is 5.73 Å². The molecule has 21 heavy (non-hydrogen) atoms. The Bertz CT molecular complexity index is 589. The van der Waals surface area contributed by atoms with Crippen molar-refractivity contribution in [2.24, 2.45) is 17.6 Å². The van der Waals surface area contributed by atoms with E-state index in [4.69, 9.17) is 17.3 Å². The first-order valence-corrected chi connectivity index (χ1v) is 9.28. The lowest BCUT2D eigenvalue weighted by Crippen LogP contribution is -2.33. The smallest absolute Gasteiger partial charge is 0.242 e. The number of hydrogen-bond acceptors (Lipinski definition) is 3. The van der Waals surface area contributed by atoms with Crippen LogP contribution in [0.25, 0.3) is 0 Å². The van der Waals surface area contributed by atoms with Gasteiger partial charge in [-0.1, -0.05) is 43.9 Å². The van der Waals surface area contributed by atoms with Crippen molar-refractivity contribution < 1.29 is 8.42 Å². The van der Waals surface area contributed by atoms with E-state index >= 15 is 0 Å². The third kappa shape index (κ3) is 4.19. The molecule has 3 N–H and O–H groups in total. The van der Waals surface area contributed by atoms with Crippen LogP contribution in [0.15, 0.2) is 23.1 Å². The second-order valence-electron chi connectivity index (χ2n) is 5.84. The van der Waals surface area contributed by atoms with Gasteiger partial charge in [0.1, 0.15) is 4.90 Å². The number of nitrogens with one attached hydrogen (secondary N) is 1. The standard InChI is InChI=1S/C15H23ClN2O2S/c1-11-4-2-3-5-13(11)10-18-21(19,20)15-7-6-12(9-17)8-14(15)16/h6-8,11,13,18H,2-5,9-10,17H2,1H3. The van der Waals surface area contributed by atoms with Crippen LogP contribution in [-0.2, 0) is 16.6 Å². The van der Waals surface area contributed by atoms with Crippen LogP contribution in [0.5, 0.6) is 0 Å². The number of benzene rings is 1. The summed E-state index contributed by atoms with van der Waals surface area (Å²) in [6, 6.07) is 4.83. The predicted octanol–water partition coefficient (Wildman–Crippen LogP) is 2.90. The van der Waals surface area contributed by atoms with Gasteiger partial charge >= 0.3 is 0 Å². The largest absolute Gasteiger partial charge is 0.326 e. The van der Waals surface area contributed by atoms with Crippen molar-refractivity contribution in [3.8, 4) is 0 Å². The van der Waals surface area contributed by atoms with E-state index in [2.05, 4.69) is 11.6 Å². The molecule has 1 aromatic rings. The molecule has 4 nitrogen and oxygen atoms in total. The molecule has 0 aliphatic heterocycles. The van der Waals surface area contributed by atoms with Crippen LogP contribution in [-0.4, -0.2) is 15.0 Å². The molecule has 0 aromatic heterocycles. The average molecular weight is 331 g/mol. The molecule has 0 spiro atoms. The average Bonchev–Trinajstić information content (AvgIpc) is 2.46. The predicted molar refractivity (Wildman–Crippen MR) is 85.7 cm³/mol. The molecule has 2 rings (SSSR count). The zero-order valence-electron chi connectivity index (χ0n) is 12.3. The Morgan fingerprint density at radius 3 is 2.67 bits per heavy atom. The number of sulfonamides is 1. The molecular weight excluding hydrogens is 308 g/mol. The maximum atomic E-state index is 12.4. The minimum Gasteiger partial charge on any atom is -0.326 e. The Morgan fingerprint density at radius 1 is 1.33 bits per heavy atom. The Hall–Kier alpha value is -0.620. The molecule has 0 heterocycles. The van der Waals surface area contributed by atoms with Crippen LogP contribution in [0.1, 0.15) is 38.2 Å². The van der Waals surface area contributed by atoms with E-state index in [0.717, 1.165) is 12.0 Å². The minimum atomic E-state index is -3.56. The van der Waals surface area contributed by atoms with E-state index < -0.39 is 10.0 Å². The van der Waals surface area contributed by atoms with E-state index in [1.54, 1.807) is 12.1 Å². The molecule has 2 unspecified atom stereocenters. The van der Waals surface area contributed by atoms with Crippen molar-refractivity contribution >= 4 is 21.6 Å². The van der Waals surface area contributed by atoms with Crippen LogP contribution < -0.4 is 10.5 Å². The molecule has 2 atom stereocenters. The molecule has 1 aromatic carbocycles. The molecule has 1 aliphatic rings. The summed E-state index contributed by atoms with van der Waals surface area (Å²) in [5.41, 5.74) is 6.34. The summed E-state index contributed by atoms with van der Waals surface area (Å²) in [5.74, 6) is 0.979. The first-order valence-electron chi connectivity index (χ1n) is 7.42. The van der Waals surface area contributed by atoms with Crippen LogP contribution in [0.2, 0.25) is 5.02 Å². The van der Waals surface area contributed by atoms with E-state index in [9.17, 15) is 8.42 Å². The van der Waals surface area contributed by atoms with Crippen molar-refractivity contribution in [1.29, 1.82) is 0 Å². The van der Waals surface area contributed by atoms with Crippen LogP contribution >= 0.6 is 11.6 Å². The molecule has 1 fully saturated rings. The molecule has 0 saturated heterocycles. The number of rotatable bonds is 5. The molecule has 6 heteroatoms. The van der Waals surface area contributed by atoms with E-state index in [1.165, 1.54) is 25.3 Å². The van der Waals surface area contributed by atoms with Gasteiger partial charge in [0.2, 0.25) is 10.0 Å². The fourth-order valence-electron chi connectivity index (χ4n) is 2.88. The number of halogens is 1. The van der Waals surface area contributed by atoms with Crippen LogP contribution in [0.3, 0.4) is 0 Å². The third-order valence-corrected chi connectivity index (χ3v) is 6.25. The second kappa shape index (κ2) is 7.09. The van der Waals surface area contributed by atoms with E-state index in [1.807, 2.05) is 0 Å². The maximum absolute atomic E-state index is 12.4. The van der Waals surface area contributed by atoms with Gasteiger partial charge in [-0.05, 0) is 36.0 Å². The lowest BCUT2D eigenvalue weighted by molar-refractivity contribution is 0.257. The molecule has 0 amide bonds. The van der Waals surface area contributed by atoms with Gasteiger partial charge in [0.25, 0.3) is 0 Å². The molecule has 0 radical (unpaired) electrons. The second-order valence-corrected chi connectivity index (χ2v) is 7.99. The van der Waals surface area contributed by atoms with Gasteiger partial charge in [-0.2, -0.15) is 0 Å². The molecule has 1 aliphatic carbocycles. The van der Waals surface area contributed by atoms with Crippen molar-refractivity contribution in [2.45, 2.75) is 44.0 Å². The zero-order chi connectivity index (χ0) is 15.5. The van der Waals surface area contributed by atoms with Crippen molar-refractivity contribution in [3.63, 3.8) is 0 Å². The van der Waals surface area contributed by atoms with Crippen LogP contribution in [0, 0.1) is 11.8 Å². The van der Waals surface area contributed by atoms with E-state index in [0.29, 0.717) is 24.9 Å². The number of nitrogens with two attached hydrogens (primary N) is 1. The van der Waals surface area contributed by atoms with Gasteiger partial charge in [-0.15, -0.1) is 0 Å². The summed E-state index contributed by atoms with van der Waals surface area (Å²) < 4.78 is 27.5. The minimum absolute atomic E-state index is 0.129. The fraction of sp³-hybridized carbons (Fsp3) is 0.600. The lowest BCUT2D eigenvalue weighted by atomic mass is 9.81.